The first-order valence-corrected chi connectivity index (χ1v) is 11.9. The van der Waals surface area contributed by atoms with Gasteiger partial charge in [0.05, 0.1) is 31.9 Å². The zero-order valence-electron chi connectivity index (χ0n) is 21.1. The van der Waals surface area contributed by atoms with Gasteiger partial charge in [-0.15, -0.1) is 0 Å². The van der Waals surface area contributed by atoms with E-state index >= 15 is 0 Å². The van der Waals surface area contributed by atoms with Crippen molar-refractivity contribution in [2.24, 2.45) is 5.10 Å². The van der Waals surface area contributed by atoms with E-state index in [2.05, 4.69) is 11.9 Å². The minimum atomic E-state index is -0.445. The van der Waals surface area contributed by atoms with Crippen molar-refractivity contribution in [1.82, 2.24) is 10.3 Å². The Morgan fingerprint density at radius 3 is 2.64 bits per heavy atom. The number of hydrazone groups is 1. The summed E-state index contributed by atoms with van der Waals surface area (Å²) >= 11 is 0. The second-order valence-corrected chi connectivity index (χ2v) is 9.37. The van der Waals surface area contributed by atoms with Gasteiger partial charge in [0.2, 0.25) is 0 Å². The Morgan fingerprint density at radius 1 is 1.25 bits per heavy atom. The highest BCUT2D eigenvalue weighted by molar-refractivity contribution is 6.10. The minimum Gasteiger partial charge on any atom is -0.507 e. The molecule has 36 heavy (non-hydrogen) atoms. The molecule has 1 amide bonds. The molecule has 0 aliphatic carbocycles. The highest BCUT2D eigenvalue weighted by atomic mass is 16.5. The average molecular weight is 494 g/mol. The maximum atomic E-state index is 13.3. The van der Waals surface area contributed by atoms with Crippen LogP contribution in [0.4, 0.5) is 0 Å². The number of phenolic OH excluding ortho intramolecular Hbond substituents is 1. The lowest BCUT2D eigenvalue weighted by Gasteiger charge is -2.33. The molecule has 3 heterocycles. The zero-order chi connectivity index (χ0) is 25.7. The third kappa shape index (κ3) is 3.65. The van der Waals surface area contributed by atoms with Crippen molar-refractivity contribution in [3.63, 3.8) is 0 Å². The van der Waals surface area contributed by atoms with E-state index in [9.17, 15) is 9.90 Å². The van der Waals surface area contributed by atoms with Gasteiger partial charge in [-0.3, -0.25) is 4.79 Å². The number of carbonyl (C=O) groups excluding carboxylic acids is 1. The van der Waals surface area contributed by atoms with E-state index in [0.29, 0.717) is 46.3 Å². The molecule has 2 aromatic carbocycles. The van der Waals surface area contributed by atoms with E-state index in [0.717, 1.165) is 11.1 Å². The topological polar surface area (TPSA) is 102 Å². The summed E-state index contributed by atoms with van der Waals surface area (Å²) in [5.74, 6) is 1.94. The summed E-state index contributed by atoms with van der Waals surface area (Å²) in [5.41, 5.74) is 3.57. The lowest BCUT2D eigenvalue weighted by Crippen LogP contribution is -2.48. The van der Waals surface area contributed by atoms with E-state index in [1.165, 1.54) is 5.01 Å². The first kappa shape index (κ1) is 24.0. The number of amides is 1. The number of nitrogens with zero attached hydrogens (tertiary/aromatic N) is 2. The molecule has 190 valence electrons. The molecule has 3 aliphatic rings. The Kier molecular flexibility index (Phi) is 6.04. The molecule has 0 aromatic heterocycles. The van der Waals surface area contributed by atoms with Gasteiger partial charge in [-0.1, -0.05) is 6.58 Å². The van der Waals surface area contributed by atoms with Gasteiger partial charge < -0.3 is 29.4 Å². The van der Waals surface area contributed by atoms with Gasteiger partial charge in [0.15, 0.2) is 11.5 Å². The monoisotopic (exact) mass is 493 g/mol. The third-order valence-corrected chi connectivity index (χ3v) is 7.22. The number of hydrogen-bond donors (Lipinski definition) is 2. The molecular formula is C27H31N3O6. The van der Waals surface area contributed by atoms with Crippen molar-refractivity contribution in [3.05, 3.63) is 53.1 Å². The number of carbonyl (C=O) groups is 1. The Bertz CT molecular complexity index is 1270. The van der Waals surface area contributed by atoms with Crippen LogP contribution in [0.1, 0.15) is 36.5 Å². The summed E-state index contributed by atoms with van der Waals surface area (Å²) in [5, 5.41) is 20.7. The standard InChI is InChI=1S/C27H31N3O6/c1-13(2)20-10-17-19(36-20)8-7-15(26(17)31)25-24-16-9-22(33-5)23(34-6)11-21(16)35-12-18(24)30(29-25)27(32)14(3)28-4/h7-9,11,14,18,20,24,28,31H,1,10,12H2,2-6H3/t14?,18?,20-,24?/m1/s1. The number of benzene rings is 2. The van der Waals surface area contributed by atoms with Crippen molar-refractivity contribution < 1.29 is 28.8 Å². The second-order valence-electron chi connectivity index (χ2n) is 9.37. The summed E-state index contributed by atoms with van der Waals surface area (Å²) in [4.78, 5) is 13.3. The molecule has 0 saturated carbocycles. The van der Waals surface area contributed by atoms with Crippen LogP contribution in [0.15, 0.2) is 41.5 Å². The molecule has 9 heteroatoms. The number of fused-ring (bicyclic) bond motifs is 4. The highest BCUT2D eigenvalue weighted by Gasteiger charge is 2.48. The molecular weight excluding hydrogens is 462 g/mol. The van der Waals surface area contributed by atoms with Crippen LogP contribution < -0.4 is 24.3 Å². The molecule has 2 N–H and O–H groups in total. The summed E-state index contributed by atoms with van der Waals surface area (Å²) in [6, 6.07) is 6.47. The predicted octanol–water partition coefficient (Wildman–Crippen LogP) is 2.99. The summed E-state index contributed by atoms with van der Waals surface area (Å²) < 4.78 is 23.1. The van der Waals surface area contributed by atoms with Crippen molar-refractivity contribution in [1.29, 1.82) is 0 Å². The third-order valence-electron chi connectivity index (χ3n) is 7.22. The Hall–Kier alpha value is -3.72. The second kappa shape index (κ2) is 9.05. The Labute approximate surface area is 210 Å². The first-order chi connectivity index (χ1) is 17.3. The summed E-state index contributed by atoms with van der Waals surface area (Å²) in [6.45, 7) is 7.94. The molecule has 0 radical (unpaired) electrons. The van der Waals surface area contributed by atoms with E-state index in [1.54, 1.807) is 40.3 Å². The maximum Gasteiger partial charge on any atom is 0.259 e. The number of phenols is 1. The first-order valence-electron chi connectivity index (χ1n) is 11.9. The fourth-order valence-electron chi connectivity index (χ4n) is 5.06. The van der Waals surface area contributed by atoms with Gasteiger partial charge in [-0.05, 0) is 44.7 Å². The molecule has 0 saturated heterocycles. The van der Waals surface area contributed by atoms with Crippen molar-refractivity contribution in [3.8, 4) is 28.7 Å². The highest BCUT2D eigenvalue weighted by Crippen LogP contribution is 2.49. The fraction of sp³-hybridized carbons (Fsp3) is 0.407. The predicted molar refractivity (Wildman–Crippen MR) is 135 cm³/mol. The molecule has 3 unspecified atom stereocenters. The Morgan fingerprint density at radius 2 is 1.97 bits per heavy atom. The van der Waals surface area contributed by atoms with Crippen LogP contribution in [0, 0.1) is 0 Å². The number of nitrogens with one attached hydrogen (secondary N) is 1. The number of aromatic hydroxyl groups is 1. The largest absolute Gasteiger partial charge is 0.507 e. The normalized spacial score (nSPS) is 22.4. The number of hydrogen-bond acceptors (Lipinski definition) is 8. The molecule has 0 fully saturated rings. The van der Waals surface area contributed by atoms with E-state index < -0.39 is 6.04 Å². The van der Waals surface area contributed by atoms with Gasteiger partial charge in [0, 0.05) is 29.2 Å². The maximum absolute atomic E-state index is 13.3. The quantitative estimate of drug-likeness (QED) is 0.597. The molecule has 9 nitrogen and oxygen atoms in total. The van der Waals surface area contributed by atoms with Crippen LogP contribution in [0.3, 0.4) is 0 Å². The van der Waals surface area contributed by atoms with Crippen LogP contribution in [0.2, 0.25) is 0 Å². The molecule has 0 bridgehead atoms. The van der Waals surface area contributed by atoms with Crippen LogP contribution >= 0.6 is 0 Å². The van der Waals surface area contributed by atoms with Crippen LogP contribution in [-0.2, 0) is 11.2 Å². The van der Waals surface area contributed by atoms with Gasteiger partial charge in [-0.25, -0.2) is 5.01 Å². The number of rotatable bonds is 6. The van der Waals surface area contributed by atoms with Gasteiger partial charge in [0.25, 0.3) is 5.91 Å². The van der Waals surface area contributed by atoms with E-state index in [4.69, 9.17) is 24.0 Å². The van der Waals surface area contributed by atoms with Crippen molar-refractivity contribution in [2.45, 2.75) is 44.4 Å². The molecule has 2 aromatic rings. The van der Waals surface area contributed by atoms with Gasteiger partial charge in [-0.2, -0.15) is 5.10 Å². The lowest BCUT2D eigenvalue weighted by molar-refractivity contribution is -0.135. The minimum absolute atomic E-state index is 0.109. The number of methoxy groups -OCH3 is 2. The van der Waals surface area contributed by atoms with Gasteiger partial charge >= 0.3 is 0 Å². The molecule has 3 aliphatic heterocycles. The van der Waals surface area contributed by atoms with E-state index in [1.807, 2.05) is 19.1 Å². The van der Waals surface area contributed by atoms with Crippen LogP contribution in [0.5, 0.6) is 28.7 Å². The Balaban J connectivity index is 1.65. The molecule has 0 spiro atoms. The lowest BCUT2D eigenvalue weighted by atomic mass is 9.82. The zero-order valence-corrected chi connectivity index (χ0v) is 21.1. The van der Waals surface area contributed by atoms with Gasteiger partial charge in [0.1, 0.15) is 36.0 Å². The number of likely N-dealkylation sites (N-methyl/N-ethyl adjacent to an activating group) is 1. The smallest absolute Gasteiger partial charge is 0.259 e. The van der Waals surface area contributed by atoms with Crippen molar-refractivity contribution >= 4 is 11.6 Å². The van der Waals surface area contributed by atoms with E-state index in [-0.39, 0.29) is 36.3 Å². The van der Waals surface area contributed by atoms with Crippen molar-refractivity contribution in [2.75, 3.05) is 27.9 Å². The number of ether oxygens (including phenoxy) is 4. The SMILES string of the molecule is C=C(C)[C@H]1Cc2c(ccc(C3=NN(C(=O)C(C)NC)C4COc5cc(OC)c(OC)cc5C34)c2O)O1. The van der Waals surface area contributed by atoms with Crippen LogP contribution in [0.25, 0.3) is 0 Å². The fourth-order valence-corrected chi connectivity index (χ4v) is 5.06. The molecule has 5 rings (SSSR count). The van der Waals surface area contributed by atoms with Crippen LogP contribution in [-0.4, -0.2) is 67.8 Å². The summed E-state index contributed by atoms with van der Waals surface area (Å²) in [7, 11) is 4.87. The summed E-state index contributed by atoms with van der Waals surface area (Å²) in [6.07, 6.45) is 0.338. The average Bonchev–Trinajstić information content (AvgIpc) is 3.50. The molecule has 4 atom stereocenters.